The molecule has 0 spiro atoms. The molecule has 164 valence electrons. The molecular formula is C25H31N3O3. The number of benzene rings is 2. The van der Waals surface area contributed by atoms with Crippen molar-refractivity contribution in [3.63, 3.8) is 0 Å². The highest BCUT2D eigenvalue weighted by molar-refractivity contribution is 6.09. The van der Waals surface area contributed by atoms with Gasteiger partial charge in [0.2, 0.25) is 5.91 Å². The molecule has 0 radical (unpaired) electrons. The minimum atomic E-state index is -1.18. The molecule has 3 rings (SSSR count). The first-order valence-corrected chi connectivity index (χ1v) is 10.6. The number of hydrogen-bond acceptors (Lipinski definition) is 3. The Hall–Kier alpha value is -3.15. The third-order valence-corrected chi connectivity index (χ3v) is 6.05. The van der Waals surface area contributed by atoms with Crippen LogP contribution in [0.5, 0.6) is 0 Å². The lowest BCUT2D eigenvalue weighted by Crippen LogP contribution is -2.43. The van der Waals surface area contributed by atoms with E-state index in [9.17, 15) is 14.4 Å². The Balaban J connectivity index is 1.72. The van der Waals surface area contributed by atoms with E-state index in [0.717, 1.165) is 27.2 Å². The summed E-state index contributed by atoms with van der Waals surface area (Å²) in [6.07, 6.45) is 0. The van der Waals surface area contributed by atoms with Crippen LogP contribution in [0.15, 0.2) is 42.5 Å². The molecule has 1 atom stereocenters. The van der Waals surface area contributed by atoms with Crippen LogP contribution in [0.25, 0.3) is 0 Å². The van der Waals surface area contributed by atoms with E-state index in [1.54, 1.807) is 18.9 Å². The summed E-state index contributed by atoms with van der Waals surface area (Å²) in [5, 5.41) is 2.77. The van der Waals surface area contributed by atoms with E-state index in [0.29, 0.717) is 18.0 Å². The van der Waals surface area contributed by atoms with Crippen LogP contribution in [-0.4, -0.2) is 41.2 Å². The van der Waals surface area contributed by atoms with Gasteiger partial charge in [0, 0.05) is 13.6 Å². The van der Waals surface area contributed by atoms with Crippen LogP contribution in [0.3, 0.4) is 0 Å². The van der Waals surface area contributed by atoms with E-state index < -0.39 is 17.5 Å². The Morgan fingerprint density at radius 2 is 1.74 bits per heavy atom. The van der Waals surface area contributed by atoms with Gasteiger partial charge in [0.15, 0.2) is 0 Å². The molecule has 1 heterocycles. The zero-order valence-corrected chi connectivity index (χ0v) is 19.2. The van der Waals surface area contributed by atoms with Crippen molar-refractivity contribution in [3.8, 4) is 0 Å². The predicted octanol–water partition coefficient (Wildman–Crippen LogP) is 3.85. The van der Waals surface area contributed by atoms with E-state index in [1.165, 1.54) is 0 Å². The first-order valence-electron chi connectivity index (χ1n) is 10.6. The molecule has 1 fully saturated rings. The smallest absolute Gasteiger partial charge is 0.325 e. The fourth-order valence-corrected chi connectivity index (χ4v) is 3.86. The van der Waals surface area contributed by atoms with Crippen LogP contribution in [-0.2, 0) is 21.7 Å². The van der Waals surface area contributed by atoms with Crippen molar-refractivity contribution in [3.05, 3.63) is 70.3 Å². The number of amides is 4. The standard InChI is InChI=1S/C25H31N3O3/c1-16(2)19-9-11-21(12-10-19)25(5)23(30)28(24(31)26-25)15-22(29)27(6)14-20-8-7-17(3)13-18(20)4/h7-13,16H,14-15H2,1-6H3,(H,26,31)/t25-/m0/s1. The zero-order valence-electron chi connectivity index (χ0n) is 19.2. The lowest BCUT2D eigenvalue weighted by molar-refractivity contribution is -0.138. The van der Waals surface area contributed by atoms with Gasteiger partial charge in [-0.3, -0.25) is 14.5 Å². The summed E-state index contributed by atoms with van der Waals surface area (Å²) in [5.41, 5.74) is 3.98. The summed E-state index contributed by atoms with van der Waals surface area (Å²) in [7, 11) is 1.68. The predicted molar refractivity (Wildman–Crippen MR) is 121 cm³/mol. The topological polar surface area (TPSA) is 69.7 Å². The minimum absolute atomic E-state index is 0.286. The first kappa shape index (κ1) is 22.5. The highest BCUT2D eigenvalue weighted by atomic mass is 16.2. The van der Waals surface area contributed by atoms with E-state index in [-0.39, 0.29) is 12.5 Å². The fraction of sp³-hybridized carbons (Fsp3) is 0.400. The average molecular weight is 422 g/mol. The molecule has 1 aliphatic heterocycles. The van der Waals surface area contributed by atoms with E-state index >= 15 is 0 Å². The van der Waals surface area contributed by atoms with E-state index in [1.807, 2.05) is 50.2 Å². The molecule has 0 saturated carbocycles. The van der Waals surface area contributed by atoms with Crippen LogP contribution in [0, 0.1) is 13.8 Å². The molecule has 0 unspecified atom stereocenters. The van der Waals surface area contributed by atoms with Gasteiger partial charge in [-0.05, 0) is 48.9 Å². The Morgan fingerprint density at radius 3 is 2.32 bits per heavy atom. The summed E-state index contributed by atoms with van der Waals surface area (Å²) < 4.78 is 0. The van der Waals surface area contributed by atoms with Gasteiger partial charge in [0.25, 0.3) is 5.91 Å². The van der Waals surface area contributed by atoms with Crippen molar-refractivity contribution >= 4 is 17.8 Å². The van der Waals surface area contributed by atoms with Gasteiger partial charge in [-0.25, -0.2) is 4.79 Å². The van der Waals surface area contributed by atoms with Crippen LogP contribution in [0.4, 0.5) is 4.79 Å². The molecule has 6 heteroatoms. The third-order valence-electron chi connectivity index (χ3n) is 6.05. The van der Waals surface area contributed by atoms with Crippen molar-refractivity contribution in [2.45, 2.75) is 52.6 Å². The van der Waals surface area contributed by atoms with Crippen LogP contribution in [0.2, 0.25) is 0 Å². The fourth-order valence-electron chi connectivity index (χ4n) is 3.86. The summed E-state index contributed by atoms with van der Waals surface area (Å²) >= 11 is 0. The monoisotopic (exact) mass is 421 g/mol. The SMILES string of the molecule is Cc1ccc(CN(C)C(=O)CN2C(=O)N[C@@](C)(c3ccc(C(C)C)cc3)C2=O)c(C)c1. The normalized spacial score (nSPS) is 18.5. The van der Waals surface area contributed by atoms with Crippen molar-refractivity contribution < 1.29 is 14.4 Å². The number of aryl methyl sites for hydroxylation is 2. The number of hydrogen-bond donors (Lipinski definition) is 1. The van der Waals surface area contributed by atoms with Crippen molar-refractivity contribution in [2.24, 2.45) is 0 Å². The summed E-state index contributed by atoms with van der Waals surface area (Å²) in [6, 6.07) is 13.2. The second-order valence-corrected chi connectivity index (χ2v) is 8.90. The highest BCUT2D eigenvalue weighted by Crippen LogP contribution is 2.30. The van der Waals surface area contributed by atoms with Gasteiger partial charge in [0.05, 0.1) is 0 Å². The number of imide groups is 1. The molecule has 2 aromatic carbocycles. The maximum absolute atomic E-state index is 13.1. The lowest BCUT2D eigenvalue weighted by atomic mass is 9.90. The lowest BCUT2D eigenvalue weighted by Gasteiger charge is -2.24. The Morgan fingerprint density at radius 1 is 1.10 bits per heavy atom. The molecule has 1 saturated heterocycles. The first-order chi connectivity index (χ1) is 14.5. The summed E-state index contributed by atoms with van der Waals surface area (Å²) in [6.45, 7) is 10.0. The van der Waals surface area contributed by atoms with Gasteiger partial charge in [0.1, 0.15) is 12.1 Å². The van der Waals surface area contributed by atoms with Gasteiger partial charge in [-0.15, -0.1) is 0 Å². The zero-order chi connectivity index (χ0) is 22.9. The van der Waals surface area contributed by atoms with Crippen LogP contribution < -0.4 is 5.32 Å². The molecule has 2 aromatic rings. The Bertz CT molecular complexity index is 1010. The van der Waals surface area contributed by atoms with Gasteiger partial charge in [-0.2, -0.15) is 0 Å². The third kappa shape index (κ3) is 4.48. The average Bonchev–Trinajstić information content (AvgIpc) is 2.94. The number of rotatable bonds is 6. The molecule has 4 amide bonds. The maximum atomic E-state index is 13.1. The van der Waals surface area contributed by atoms with E-state index in [2.05, 4.69) is 25.2 Å². The molecule has 0 aliphatic carbocycles. The quantitative estimate of drug-likeness (QED) is 0.720. The Labute approximate surface area is 184 Å². The van der Waals surface area contributed by atoms with Crippen molar-refractivity contribution in [1.82, 2.24) is 15.1 Å². The molecule has 0 aromatic heterocycles. The summed E-state index contributed by atoms with van der Waals surface area (Å²) in [4.78, 5) is 41.1. The molecule has 6 nitrogen and oxygen atoms in total. The van der Waals surface area contributed by atoms with Gasteiger partial charge >= 0.3 is 6.03 Å². The van der Waals surface area contributed by atoms with Gasteiger partial charge in [-0.1, -0.05) is 61.9 Å². The number of likely N-dealkylation sites (N-methyl/N-ethyl adjacent to an activating group) is 1. The number of carbonyl (C=O) groups excluding carboxylic acids is 3. The van der Waals surface area contributed by atoms with Crippen molar-refractivity contribution in [2.75, 3.05) is 13.6 Å². The molecule has 31 heavy (non-hydrogen) atoms. The van der Waals surface area contributed by atoms with E-state index in [4.69, 9.17) is 0 Å². The molecular weight excluding hydrogens is 390 g/mol. The largest absolute Gasteiger partial charge is 0.340 e. The van der Waals surface area contributed by atoms with Crippen LogP contribution in [0.1, 0.15) is 54.5 Å². The number of carbonyl (C=O) groups is 3. The maximum Gasteiger partial charge on any atom is 0.325 e. The second kappa shape index (κ2) is 8.53. The number of nitrogens with one attached hydrogen (secondary N) is 1. The van der Waals surface area contributed by atoms with Crippen molar-refractivity contribution in [1.29, 1.82) is 0 Å². The number of nitrogens with zero attached hydrogens (tertiary/aromatic N) is 2. The molecule has 1 aliphatic rings. The second-order valence-electron chi connectivity index (χ2n) is 8.90. The highest BCUT2D eigenvalue weighted by Gasteiger charge is 2.49. The van der Waals surface area contributed by atoms with Gasteiger partial charge < -0.3 is 10.2 Å². The van der Waals surface area contributed by atoms with Crippen LogP contribution >= 0.6 is 0 Å². The molecule has 1 N–H and O–H groups in total. The Kier molecular flexibility index (Phi) is 6.20. The summed E-state index contributed by atoms with van der Waals surface area (Å²) in [5.74, 6) is -0.330. The minimum Gasteiger partial charge on any atom is -0.340 e. The molecule has 0 bridgehead atoms. The number of urea groups is 1.